The molecule has 0 unspecified atom stereocenters. The molecule has 0 aromatic heterocycles. The Kier molecular flexibility index (Phi) is 7.53. The number of hydrogen-bond acceptors (Lipinski definition) is 4. The highest BCUT2D eigenvalue weighted by molar-refractivity contribution is 6.08. The smallest absolute Gasteiger partial charge is 0.340 e. The van der Waals surface area contributed by atoms with E-state index >= 15 is 0 Å². The van der Waals surface area contributed by atoms with Crippen molar-refractivity contribution in [2.75, 3.05) is 11.9 Å². The van der Waals surface area contributed by atoms with Gasteiger partial charge in [-0.05, 0) is 58.9 Å². The maximum absolute atomic E-state index is 12.6. The summed E-state index contributed by atoms with van der Waals surface area (Å²) in [6, 6.07) is 13.7. The summed E-state index contributed by atoms with van der Waals surface area (Å²) in [6.45, 7) is 9.20. The Balaban J connectivity index is 2.10. The van der Waals surface area contributed by atoms with Gasteiger partial charge < -0.3 is 15.0 Å². The number of hydrogen-bond donors (Lipinski definition) is 1. The highest BCUT2D eigenvalue weighted by atomic mass is 16.5. The molecular weight excluding hydrogens is 368 g/mol. The number of esters is 1. The predicted octanol–water partition coefficient (Wildman–Crippen LogP) is 4.05. The van der Waals surface area contributed by atoms with Crippen LogP contribution in [0.4, 0.5) is 5.69 Å². The second-order valence-corrected chi connectivity index (χ2v) is 7.43. The van der Waals surface area contributed by atoms with Gasteiger partial charge in [0.25, 0.3) is 11.8 Å². The largest absolute Gasteiger partial charge is 0.452 e. The quantitative estimate of drug-likeness (QED) is 0.717. The van der Waals surface area contributed by atoms with Gasteiger partial charge >= 0.3 is 5.97 Å². The molecular formula is C23H28N2O4. The van der Waals surface area contributed by atoms with Gasteiger partial charge in [-0.25, -0.2) is 4.79 Å². The van der Waals surface area contributed by atoms with Crippen molar-refractivity contribution in [3.63, 3.8) is 0 Å². The Bertz CT molecular complexity index is 882. The van der Waals surface area contributed by atoms with Crippen molar-refractivity contribution < 1.29 is 19.1 Å². The van der Waals surface area contributed by atoms with Crippen LogP contribution < -0.4 is 5.32 Å². The molecule has 0 saturated heterocycles. The van der Waals surface area contributed by atoms with E-state index in [0.29, 0.717) is 11.3 Å². The standard InChI is InChI=1S/C23H28N2O4/c1-15(2)25(16(3)4)21(26)14-29-23(28)19-11-6-7-12-20(19)24-22(27)18-10-8-9-17(5)13-18/h6-13,15-16H,14H2,1-5H3,(H,24,27). The summed E-state index contributed by atoms with van der Waals surface area (Å²) in [5, 5.41) is 2.75. The summed E-state index contributed by atoms with van der Waals surface area (Å²) < 4.78 is 5.24. The molecule has 0 aliphatic heterocycles. The van der Waals surface area contributed by atoms with Crippen LogP contribution in [0.2, 0.25) is 0 Å². The number of ether oxygens (including phenoxy) is 1. The molecule has 154 valence electrons. The van der Waals surface area contributed by atoms with Crippen LogP contribution in [0.25, 0.3) is 0 Å². The molecule has 29 heavy (non-hydrogen) atoms. The van der Waals surface area contributed by atoms with Crippen LogP contribution >= 0.6 is 0 Å². The van der Waals surface area contributed by atoms with Gasteiger partial charge in [0, 0.05) is 17.6 Å². The van der Waals surface area contributed by atoms with Gasteiger partial charge in [0.2, 0.25) is 0 Å². The zero-order valence-electron chi connectivity index (χ0n) is 17.6. The van der Waals surface area contributed by atoms with Crippen molar-refractivity contribution in [2.45, 2.75) is 46.7 Å². The summed E-state index contributed by atoms with van der Waals surface area (Å²) in [5.74, 6) is -1.24. The molecule has 6 heteroatoms. The highest BCUT2D eigenvalue weighted by Crippen LogP contribution is 2.18. The molecule has 0 aliphatic carbocycles. The van der Waals surface area contributed by atoms with E-state index in [4.69, 9.17) is 4.74 Å². The Morgan fingerprint density at radius 2 is 1.62 bits per heavy atom. The number of nitrogens with zero attached hydrogens (tertiary/aromatic N) is 1. The molecule has 2 aromatic carbocycles. The molecule has 2 aromatic rings. The number of anilines is 1. The summed E-state index contributed by atoms with van der Waals surface area (Å²) in [4.78, 5) is 39.2. The Morgan fingerprint density at radius 3 is 2.24 bits per heavy atom. The number of amides is 2. The molecule has 1 N–H and O–H groups in total. The molecule has 0 saturated carbocycles. The zero-order valence-corrected chi connectivity index (χ0v) is 17.6. The number of benzene rings is 2. The fraction of sp³-hybridized carbons (Fsp3) is 0.348. The minimum atomic E-state index is -0.661. The van der Waals surface area contributed by atoms with E-state index in [-0.39, 0.29) is 36.1 Å². The van der Waals surface area contributed by atoms with Gasteiger partial charge in [-0.3, -0.25) is 9.59 Å². The van der Waals surface area contributed by atoms with Crippen LogP contribution in [-0.2, 0) is 9.53 Å². The number of nitrogens with one attached hydrogen (secondary N) is 1. The molecule has 0 bridgehead atoms. The minimum Gasteiger partial charge on any atom is -0.452 e. The Hall–Kier alpha value is -3.15. The third kappa shape index (κ3) is 5.91. The lowest BCUT2D eigenvalue weighted by Crippen LogP contribution is -2.44. The van der Waals surface area contributed by atoms with Gasteiger partial charge in [-0.15, -0.1) is 0 Å². The average Bonchev–Trinajstić information content (AvgIpc) is 2.66. The summed E-state index contributed by atoms with van der Waals surface area (Å²) >= 11 is 0. The van der Waals surface area contributed by atoms with Gasteiger partial charge in [0.1, 0.15) is 0 Å². The van der Waals surface area contributed by atoms with Crippen molar-refractivity contribution >= 4 is 23.5 Å². The summed E-state index contributed by atoms with van der Waals surface area (Å²) in [6.07, 6.45) is 0. The van der Waals surface area contributed by atoms with E-state index < -0.39 is 5.97 Å². The van der Waals surface area contributed by atoms with Crippen molar-refractivity contribution in [1.29, 1.82) is 0 Å². The lowest BCUT2D eigenvalue weighted by molar-refractivity contribution is -0.138. The Morgan fingerprint density at radius 1 is 0.966 bits per heavy atom. The average molecular weight is 396 g/mol. The maximum atomic E-state index is 12.6. The monoisotopic (exact) mass is 396 g/mol. The maximum Gasteiger partial charge on any atom is 0.340 e. The van der Waals surface area contributed by atoms with Crippen LogP contribution in [0.15, 0.2) is 48.5 Å². The molecule has 2 amide bonds. The SMILES string of the molecule is Cc1cccc(C(=O)Nc2ccccc2C(=O)OCC(=O)N(C(C)C)C(C)C)c1. The second-order valence-electron chi connectivity index (χ2n) is 7.43. The Labute approximate surface area is 171 Å². The molecule has 0 heterocycles. The first kappa shape index (κ1) is 22.1. The number of carbonyl (C=O) groups is 3. The van der Waals surface area contributed by atoms with Crippen LogP contribution in [0.1, 0.15) is 54.0 Å². The number of para-hydroxylation sites is 1. The fourth-order valence-corrected chi connectivity index (χ4v) is 3.20. The van der Waals surface area contributed by atoms with Crippen molar-refractivity contribution in [1.82, 2.24) is 4.90 Å². The first-order valence-corrected chi connectivity index (χ1v) is 9.66. The number of aryl methyl sites for hydroxylation is 1. The van der Waals surface area contributed by atoms with Crippen LogP contribution in [0.5, 0.6) is 0 Å². The van der Waals surface area contributed by atoms with Crippen molar-refractivity contribution in [3.8, 4) is 0 Å². The van der Waals surface area contributed by atoms with Crippen LogP contribution in [0, 0.1) is 6.92 Å². The van der Waals surface area contributed by atoms with Gasteiger partial charge in [0.05, 0.1) is 11.3 Å². The lowest BCUT2D eigenvalue weighted by Gasteiger charge is -2.30. The van der Waals surface area contributed by atoms with Crippen LogP contribution in [0.3, 0.4) is 0 Å². The third-order valence-corrected chi connectivity index (χ3v) is 4.40. The third-order valence-electron chi connectivity index (χ3n) is 4.40. The van der Waals surface area contributed by atoms with E-state index in [2.05, 4.69) is 5.32 Å². The molecule has 2 rings (SSSR count). The lowest BCUT2D eigenvalue weighted by atomic mass is 10.1. The van der Waals surface area contributed by atoms with E-state index in [1.54, 1.807) is 47.4 Å². The minimum absolute atomic E-state index is 0.00195. The molecule has 0 fully saturated rings. The molecule has 0 spiro atoms. The summed E-state index contributed by atoms with van der Waals surface area (Å²) in [7, 11) is 0. The highest BCUT2D eigenvalue weighted by Gasteiger charge is 2.22. The molecule has 6 nitrogen and oxygen atoms in total. The van der Waals surface area contributed by atoms with Crippen molar-refractivity contribution in [2.24, 2.45) is 0 Å². The van der Waals surface area contributed by atoms with Gasteiger partial charge in [0.15, 0.2) is 6.61 Å². The van der Waals surface area contributed by atoms with Gasteiger partial charge in [-0.2, -0.15) is 0 Å². The summed E-state index contributed by atoms with van der Waals surface area (Å²) in [5.41, 5.74) is 1.99. The molecule has 0 radical (unpaired) electrons. The van der Waals surface area contributed by atoms with Crippen LogP contribution in [-0.4, -0.2) is 41.4 Å². The molecule has 0 aliphatic rings. The topological polar surface area (TPSA) is 75.7 Å². The van der Waals surface area contributed by atoms with E-state index in [9.17, 15) is 14.4 Å². The van der Waals surface area contributed by atoms with Crippen molar-refractivity contribution in [3.05, 3.63) is 65.2 Å². The van der Waals surface area contributed by atoms with E-state index in [1.165, 1.54) is 0 Å². The first-order valence-electron chi connectivity index (χ1n) is 9.66. The van der Waals surface area contributed by atoms with E-state index in [1.807, 2.05) is 40.7 Å². The number of carbonyl (C=O) groups excluding carboxylic acids is 3. The zero-order chi connectivity index (χ0) is 21.6. The molecule has 0 atom stereocenters. The predicted molar refractivity (Wildman–Crippen MR) is 113 cm³/mol. The number of rotatable bonds is 7. The second kappa shape index (κ2) is 9.87. The fourth-order valence-electron chi connectivity index (χ4n) is 3.20. The van der Waals surface area contributed by atoms with E-state index in [0.717, 1.165) is 5.56 Å². The first-order chi connectivity index (χ1) is 13.7. The van der Waals surface area contributed by atoms with Gasteiger partial charge in [-0.1, -0.05) is 29.8 Å². The normalized spacial score (nSPS) is 10.7.